The van der Waals surface area contributed by atoms with Gasteiger partial charge in [-0.3, -0.25) is 0 Å². The number of hydrogen-bond donors (Lipinski definition) is 0. The monoisotopic (exact) mass is 176 g/mol. The highest BCUT2D eigenvalue weighted by atomic mass is 79.9. The van der Waals surface area contributed by atoms with Crippen molar-refractivity contribution < 1.29 is 0 Å². The van der Waals surface area contributed by atoms with Gasteiger partial charge in [0.25, 0.3) is 0 Å². The molecule has 0 nitrogen and oxygen atoms in total. The molecule has 0 aromatic rings. The molecule has 0 bridgehead atoms. The number of hydrogen-bond acceptors (Lipinski definition) is 0. The molecule has 48 valence electrons. The minimum Gasteiger partial charge on any atom is -0.0891 e. The maximum absolute atomic E-state index is 3.58. The predicted octanol–water partition coefficient (Wildman–Crippen LogP) is 2.82. The van der Waals surface area contributed by atoms with E-state index in [4.69, 9.17) is 0 Å². The second kappa shape index (κ2) is 2.38. The third kappa shape index (κ3) is 1.25. The van der Waals surface area contributed by atoms with Crippen LogP contribution in [-0.2, 0) is 0 Å². The topological polar surface area (TPSA) is 0 Å². The maximum Gasteiger partial charge on any atom is 0.0146 e. The minimum absolute atomic E-state index is 0.749. The van der Waals surface area contributed by atoms with E-state index in [0.29, 0.717) is 0 Å². The summed E-state index contributed by atoms with van der Waals surface area (Å²) in [6.45, 7) is 4.57. The summed E-state index contributed by atoms with van der Waals surface area (Å²) in [5, 5.41) is 0. The van der Waals surface area contributed by atoms with E-state index in [1.54, 1.807) is 0 Å². The van der Waals surface area contributed by atoms with E-state index in [9.17, 15) is 0 Å². The summed E-state index contributed by atoms with van der Waals surface area (Å²) >= 11 is 3.58. The Balaban J connectivity index is 2.15. The molecule has 0 amide bonds. The van der Waals surface area contributed by atoms with Crippen molar-refractivity contribution in [2.45, 2.75) is 31.5 Å². The van der Waals surface area contributed by atoms with E-state index in [1.165, 1.54) is 12.8 Å². The molecule has 1 aliphatic rings. The van der Waals surface area contributed by atoms with Crippen LogP contribution in [0, 0.1) is 11.8 Å². The van der Waals surface area contributed by atoms with Crippen LogP contribution in [0.25, 0.3) is 0 Å². The van der Waals surface area contributed by atoms with E-state index in [2.05, 4.69) is 29.8 Å². The van der Waals surface area contributed by atoms with E-state index in [-0.39, 0.29) is 0 Å². The highest BCUT2D eigenvalue weighted by molar-refractivity contribution is 9.09. The third-order valence-corrected chi connectivity index (χ3v) is 2.81. The molecule has 0 N–H and O–H groups in total. The first-order valence-corrected chi connectivity index (χ1v) is 4.25. The molecule has 1 rings (SSSR count). The lowest BCUT2D eigenvalue weighted by Crippen LogP contribution is -2.26. The molecule has 0 aliphatic heterocycles. The molecule has 1 saturated carbocycles. The molecule has 1 atom stereocenters. The van der Waals surface area contributed by atoms with Gasteiger partial charge in [-0.2, -0.15) is 0 Å². The lowest BCUT2D eigenvalue weighted by atomic mass is 9.75. The molecule has 8 heavy (non-hydrogen) atoms. The quantitative estimate of drug-likeness (QED) is 0.540. The maximum atomic E-state index is 3.58. The molecule has 1 heteroatoms. The van der Waals surface area contributed by atoms with Crippen LogP contribution >= 0.6 is 15.9 Å². The Labute approximate surface area is 59.8 Å². The summed E-state index contributed by atoms with van der Waals surface area (Å²) < 4.78 is 0. The van der Waals surface area contributed by atoms with Crippen LogP contribution in [0.5, 0.6) is 0 Å². The van der Waals surface area contributed by atoms with Crippen molar-refractivity contribution in [3.8, 4) is 0 Å². The molecule has 1 aliphatic carbocycles. The predicted molar refractivity (Wildman–Crippen MR) is 40.3 cm³/mol. The Morgan fingerprint density at radius 3 is 2.12 bits per heavy atom. The molecule has 1 fully saturated rings. The molecule has 0 aromatic heterocycles. The second-order valence-electron chi connectivity index (χ2n) is 3.01. The van der Waals surface area contributed by atoms with Gasteiger partial charge < -0.3 is 0 Å². The van der Waals surface area contributed by atoms with Gasteiger partial charge in [-0.25, -0.2) is 0 Å². The zero-order chi connectivity index (χ0) is 6.15. The smallest absolute Gasteiger partial charge is 0.0146 e. The van der Waals surface area contributed by atoms with Crippen molar-refractivity contribution in [3.63, 3.8) is 0 Å². The Morgan fingerprint density at radius 1 is 1.50 bits per heavy atom. The molecular weight excluding hydrogens is 164 g/mol. The van der Waals surface area contributed by atoms with Crippen molar-refractivity contribution >= 4 is 15.9 Å². The highest BCUT2D eigenvalue weighted by Gasteiger charge is 2.28. The first-order chi connectivity index (χ1) is 3.70. The fourth-order valence-electron chi connectivity index (χ4n) is 1.34. The van der Waals surface area contributed by atoms with Crippen LogP contribution < -0.4 is 0 Å². The van der Waals surface area contributed by atoms with Gasteiger partial charge in [-0.1, -0.05) is 29.8 Å². The van der Waals surface area contributed by atoms with Crippen LogP contribution in [0.1, 0.15) is 26.7 Å². The van der Waals surface area contributed by atoms with Crippen molar-refractivity contribution in [1.82, 2.24) is 0 Å². The average Bonchev–Trinajstić information content (AvgIpc) is 1.57. The van der Waals surface area contributed by atoms with Crippen molar-refractivity contribution in [1.29, 1.82) is 0 Å². The highest BCUT2D eigenvalue weighted by Crippen LogP contribution is 2.37. The lowest BCUT2D eigenvalue weighted by molar-refractivity contribution is 0.214. The van der Waals surface area contributed by atoms with Crippen LogP contribution in [0.2, 0.25) is 0 Å². The van der Waals surface area contributed by atoms with Crippen molar-refractivity contribution in [3.05, 3.63) is 0 Å². The SMILES string of the molecule is CC1CC(C(C)Br)C1. The lowest BCUT2D eigenvalue weighted by Gasteiger charge is -2.34. The van der Waals surface area contributed by atoms with E-state index in [0.717, 1.165) is 16.7 Å². The third-order valence-electron chi connectivity index (χ3n) is 2.06. The molecule has 0 radical (unpaired) electrons. The zero-order valence-electron chi connectivity index (χ0n) is 5.52. The fourth-order valence-corrected chi connectivity index (χ4v) is 1.77. The Morgan fingerprint density at radius 2 is 2.00 bits per heavy atom. The molecule has 1 unspecified atom stereocenters. The largest absolute Gasteiger partial charge is 0.0891 e. The molecule has 0 aromatic carbocycles. The summed E-state index contributed by atoms with van der Waals surface area (Å²) in [6, 6.07) is 0. The summed E-state index contributed by atoms with van der Waals surface area (Å²) in [7, 11) is 0. The average molecular weight is 177 g/mol. The molecule has 0 heterocycles. The summed E-state index contributed by atoms with van der Waals surface area (Å²) in [4.78, 5) is 0.749. The van der Waals surface area contributed by atoms with Gasteiger partial charge in [0.05, 0.1) is 0 Å². The first kappa shape index (κ1) is 6.60. The van der Waals surface area contributed by atoms with Crippen molar-refractivity contribution in [2.24, 2.45) is 11.8 Å². The van der Waals surface area contributed by atoms with E-state index in [1.807, 2.05) is 0 Å². The standard InChI is InChI=1S/C7H13Br/c1-5-3-7(4-5)6(2)8/h5-7H,3-4H2,1-2H3. The van der Waals surface area contributed by atoms with Gasteiger partial charge in [-0.15, -0.1) is 0 Å². The zero-order valence-corrected chi connectivity index (χ0v) is 7.11. The number of alkyl halides is 1. The van der Waals surface area contributed by atoms with Crippen molar-refractivity contribution in [2.75, 3.05) is 0 Å². The van der Waals surface area contributed by atoms with Gasteiger partial charge >= 0.3 is 0 Å². The summed E-state index contributed by atoms with van der Waals surface area (Å²) in [6.07, 6.45) is 2.87. The number of halogens is 1. The van der Waals surface area contributed by atoms with Gasteiger partial charge in [-0.05, 0) is 24.7 Å². The Kier molecular flexibility index (Phi) is 1.97. The second-order valence-corrected chi connectivity index (χ2v) is 4.46. The fraction of sp³-hybridized carbons (Fsp3) is 1.00. The Bertz CT molecular complexity index is 72.5. The molecular formula is C7H13Br. The normalized spacial score (nSPS) is 40.9. The van der Waals surface area contributed by atoms with Gasteiger partial charge in [0, 0.05) is 4.83 Å². The van der Waals surface area contributed by atoms with Crippen LogP contribution in [-0.4, -0.2) is 4.83 Å². The van der Waals surface area contributed by atoms with Crippen LogP contribution in [0.4, 0.5) is 0 Å². The van der Waals surface area contributed by atoms with E-state index < -0.39 is 0 Å². The van der Waals surface area contributed by atoms with Gasteiger partial charge in [0.15, 0.2) is 0 Å². The minimum atomic E-state index is 0.749. The first-order valence-electron chi connectivity index (χ1n) is 3.34. The Hall–Kier alpha value is 0.480. The molecule has 0 saturated heterocycles. The summed E-state index contributed by atoms with van der Waals surface area (Å²) in [5.41, 5.74) is 0. The number of rotatable bonds is 1. The van der Waals surface area contributed by atoms with Crippen LogP contribution in [0.3, 0.4) is 0 Å². The van der Waals surface area contributed by atoms with Crippen LogP contribution in [0.15, 0.2) is 0 Å². The van der Waals surface area contributed by atoms with Gasteiger partial charge in [0.1, 0.15) is 0 Å². The van der Waals surface area contributed by atoms with E-state index >= 15 is 0 Å². The summed E-state index contributed by atoms with van der Waals surface area (Å²) in [5.74, 6) is 1.98. The molecule has 0 spiro atoms. The van der Waals surface area contributed by atoms with Gasteiger partial charge in [0.2, 0.25) is 0 Å².